The molecule has 0 spiro atoms. The highest BCUT2D eigenvalue weighted by molar-refractivity contribution is 14.0. The summed E-state index contributed by atoms with van der Waals surface area (Å²) < 4.78 is 17.2. The second-order valence-corrected chi connectivity index (χ2v) is 7.67. The first-order valence-corrected chi connectivity index (χ1v) is 11.3. The van der Waals surface area contributed by atoms with Crippen molar-refractivity contribution in [1.29, 1.82) is 0 Å². The van der Waals surface area contributed by atoms with Gasteiger partial charge < -0.3 is 24.5 Å². The minimum absolute atomic E-state index is 0. The largest absolute Gasteiger partial charge is 0.490 e. The van der Waals surface area contributed by atoms with Gasteiger partial charge in [0, 0.05) is 13.6 Å². The van der Waals surface area contributed by atoms with E-state index in [0.29, 0.717) is 13.2 Å². The number of furan rings is 1. The Morgan fingerprint density at radius 1 is 1.12 bits per heavy atom. The van der Waals surface area contributed by atoms with E-state index in [2.05, 4.69) is 39.6 Å². The number of guanidine groups is 1. The summed E-state index contributed by atoms with van der Waals surface area (Å²) >= 11 is 0. The Hall–Kier alpha value is -1.94. The predicted octanol–water partition coefficient (Wildman–Crippen LogP) is 4.76. The van der Waals surface area contributed by atoms with Crippen molar-refractivity contribution in [2.24, 2.45) is 4.99 Å². The zero-order valence-corrected chi connectivity index (χ0v) is 21.9. The molecule has 3 rings (SSSR count). The lowest BCUT2D eigenvalue weighted by atomic mass is 10.1. The molecule has 2 atom stereocenters. The molecule has 2 N–H and O–H groups in total. The summed E-state index contributed by atoms with van der Waals surface area (Å²) in [5.74, 6) is 3.29. The SMILES string of the molecule is CCOc1ccc(C(C)NC(=NC)NCC(c2ccco2)N2CCCC2)cc1OCC.I. The van der Waals surface area contributed by atoms with Crippen LogP contribution in [0.3, 0.4) is 0 Å². The second-order valence-electron chi connectivity index (χ2n) is 7.67. The second kappa shape index (κ2) is 13.6. The topological polar surface area (TPSA) is 71.3 Å². The molecule has 2 unspecified atom stereocenters. The molecule has 1 aliphatic rings. The summed E-state index contributed by atoms with van der Waals surface area (Å²) in [6, 6.07) is 10.3. The van der Waals surface area contributed by atoms with Crippen LogP contribution in [0, 0.1) is 0 Å². The summed E-state index contributed by atoms with van der Waals surface area (Å²) in [5.41, 5.74) is 1.11. The molecule has 0 saturated carbocycles. The van der Waals surface area contributed by atoms with Crippen molar-refractivity contribution >= 4 is 29.9 Å². The zero-order valence-electron chi connectivity index (χ0n) is 19.6. The van der Waals surface area contributed by atoms with E-state index in [9.17, 15) is 0 Å². The molecule has 1 aromatic carbocycles. The molecule has 1 fully saturated rings. The number of benzene rings is 1. The highest BCUT2D eigenvalue weighted by atomic mass is 127. The van der Waals surface area contributed by atoms with Crippen molar-refractivity contribution in [3.8, 4) is 11.5 Å². The van der Waals surface area contributed by atoms with Crippen LogP contribution < -0.4 is 20.1 Å². The maximum Gasteiger partial charge on any atom is 0.191 e. The Bertz CT molecular complexity index is 823. The van der Waals surface area contributed by atoms with Crippen molar-refractivity contribution in [1.82, 2.24) is 15.5 Å². The molecular weight excluding hydrogens is 519 g/mol. The van der Waals surface area contributed by atoms with Crippen LogP contribution in [0.2, 0.25) is 0 Å². The minimum atomic E-state index is 0. The Balaban J connectivity index is 0.00000363. The van der Waals surface area contributed by atoms with Crippen molar-refractivity contribution in [2.45, 2.75) is 45.7 Å². The monoisotopic (exact) mass is 556 g/mol. The molecule has 2 aromatic rings. The van der Waals surface area contributed by atoms with Crippen molar-refractivity contribution < 1.29 is 13.9 Å². The summed E-state index contributed by atoms with van der Waals surface area (Å²) in [6.07, 6.45) is 4.22. The number of likely N-dealkylation sites (tertiary alicyclic amines) is 1. The fourth-order valence-corrected chi connectivity index (χ4v) is 3.96. The number of aliphatic imine (C=N–C) groups is 1. The Morgan fingerprint density at radius 3 is 2.47 bits per heavy atom. The molecule has 0 amide bonds. The molecule has 7 nitrogen and oxygen atoms in total. The summed E-state index contributed by atoms with van der Waals surface area (Å²) in [6.45, 7) is 10.2. The molecule has 8 heteroatoms. The number of nitrogens with one attached hydrogen (secondary N) is 2. The van der Waals surface area contributed by atoms with Gasteiger partial charge in [-0.15, -0.1) is 24.0 Å². The number of hydrogen-bond acceptors (Lipinski definition) is 5. The average molecular weight is 556 g/mol. The van der Waals surface area contributed by atoms with Gasteiger partial charge in [0.25, 0.3) is 0 Å². The standard InChI is InChI=1S/C24H36N4O3.HI/c1-5-29-22-12-11-19(16-23(22)30-6-2)18(3)27-24(25-4)26-17-20(21-10-9-15-31-21)28-13-7-8-14-28;/h9-12,15-16,18,20H,5-8,13-14,17H2,1-4H3,(H2,25,26,27);1H. The highest BCUT2D eigenvalue weighted by Gasteiger charge is 2.25. The van der Waals surface area contributed by atoms with E-state index < -0.39 is 0 Å². The van der Waals surface area contributed by atoms with E-state index in [1.807, 2.05) is 32.0 Å². The molecule has 1 saturated heterocycles. The minimum Gasteiger partial charge on any atom is -0.490 e. The van der Waals surface area contributed by atoms with E-state index in [4.69, 9.17) is 13.9 Å². The Morgan fingerprint density at radius 2 is 1.84 bits per heavy atom. The van der Waals surface area contributed by atoms with Gasteiger partial charge in [-0.25, -0.2) is 0 Å². The van der Waals surface area contributed by atoms with Gasteiger partial charge in [0.05, 0.1) is 31.6 Å². The third-order valence-corrected chi connectivity index (χ3v) is 5.56. The van der Waals surface area contributed by atoms with Crippen LogP contribution >= 0.6 is 24.0 Å². The maximum atomic E-state index is 5.77. The first-order valence-electron chi connectivity index (χ1n) is 11.3. The van der Waals surface area contributed by atoms with Crippen molar-refractivity contribution in [3.63, 3.8) is 0 Å². The van der Waals surface area contributed by atoms with Crippen LogP contribution in [-0.4, -0.2) is 50.8 Å². The molecular formula is C24H37IN4O3. The molecule has 1 aromatic heterocycles. The van der Waals surface area contributed by atoms with Crippen LogP contribution in [-0.2, 0) is 0 Å². The average Bonchev–Trinajstić information content (AvgIpc) is 3.49. The first kappa shape index (κ1) is 26.3. The Labute approximate surface area is 209 Å². The normalized spacial score (nSPS) is 16.2. The first-order chi connectivity index (χ1) is 15.2. The molecule has 32 heavy (non-hydrogen) atoms. The van der Waals surface area contributed by atoms with Gasteiger partial charge in [0.15, 0.2) is 17.5 Å². The van der Waals surface area contributed by atoms with Gasteiger partial charge in [0.2, 0.25) is 0 Å². The van der Waals surface area contributed by atoms with Crippen LogP contribution in [0.15, 0.2) is 46.0 Å². The molecule has 0 bridgehead atoms. The van der Waals surface area contributed by atoms with E-state index in [1.165, 1.54) is 12.8 Å². The van der Waals surface area contributed by atoms with Gasteiger partial charge in [0.1, 0.15) is 5.76 Å². The van der Waals surface area contributed by atoms with E-state index in [1.54, 1.807) is 13.3 Å². The number of nitrogens with zero attached hydrogens (tertiary/aromatic N) is 2. The van der Waals surface area contributed by atoms with Crippen LogP contribution in [0.4, 0.5) is 0 Å². The zero-order chi connectivity index (χ0) is 22.1. The van der Waals surface area contributed by atoms with Gasteiger partial charge in [-0.2, -0.15) is 0 Å². The summed E-state index contributed by atoms with van der Waals surface area (Å²) in [5, 5.41) is 6.98. The van der Waals surface area contributed by atoms with E-state index >= 15 is 0 Å². The lowest BCUT2D eigenvalue weighted by Crippen LogP contribution is -2.43. The van der Waals surface area contributed by atoms with Crippen molar-refractivity contribution in [3.05, 3.63) is 47.9 Å². The lowest BCUT2D eigenvalue weighted by Gasteiger charge is -2.27. The fraction of sp³-hybridized carbons (Fsp3) is 0.542. The fourth-order valence-electron chi connectivity index (χ4n) is 3.96. The molecule has 0 radical (unpaired) electrons. The van der Waals surface area contributed by atoms with Gasteiger partial charge in [-0.1, -0.05) is 6.07 Å². The molecule has 178 valence electrons. The third kappa shape index (κ3) is 7.03. The predicted molar refractivity (Wildman–Crippen MR) is 139 cm³/mol. The number of halogens is 1. The van der Waals surface area contributed by atoms with Gasteiger partial charge in [-0.3, -0.25) is 9.89 Å². The van der Waals surface area contributed by atoms with Crippen LogP contribution in [0.25, 0.3) is 0 Å². The van der Waals surface area contributed by atoms with Crippen LogP contribution in [0.5, 0.6) is 11.5 Å². The van der Waals surface area contributed by atoms with E-state index in [-0.39, 0.29) is 36.1 Å². The summed E-state index contributed by atoms with van der Waals surface area (Å²) in [7, 11) is 1.80. The highest BCUT2D eigenvalue weighted by Crippen LogP contribution is 2.31. The maximum absolute atomic E-state index is 5.77. The quantitative estimate of drug-likeness (QED) is 0.250. The summed E-state index contributed by atoms with van der Waals surface area (Å²) in [4.78, 5) is 6.90. The number of hydrogen-bond donors (Lipinski definition) is 2. The lowest BCUT2D eigenvalue weighted by molar-refractivity contribution is 0.215. The number of rotatable bonds is 10. The van der Waals surface area contributed by atoms with Gasteiger partial charge in [-0.05, 0) is 76.5 Å². The van der Waals surface area contributed by atoms with Crippen LogP contribution in [0.1, 0.15) is 57.0 Å². The third-order valence-electron chi connectivity index (χ3n) is 5.56. The molecule has 0 aliphatic carbocycles. The molecule has 2 heterocycles. The van der Waals surface area contributed by atoms with Gasteiger partial charge >= 0.3 is 0 Å². The van der Waals surface area contributed by atoms with Crippen molar-refractivity contribution in [2.75, 3.05) is 39.9 Å². The number of ether oxygens (including phenoxy) is 2. The van der Waals surface area contributed by atoms with E-state index in [0.717, 1.165) is 48.4 Å². The molecule has 1 aliphatic heterocycles. The Kier molecular flexibility index (Phi) is 11.2. The smallest absolute Gasteiger partial charge is 0.191 e.